The van der Waals surface area contributed by atoms with Crippen LogP contribution in [0.15, 0.2) is 28.8 Å². The van der Waals surface area contributed by atoms with Gasteiger partial charge in [-0.05, 0) is 37.1 Å². The van der Waals surface area contributed by atoms with E-state index in [1.165, 1.54) is 0 Å². The van der Waals surface area contributed by atoms with Gasteiger partial charge in [0.2, 0.25) is 5.91 Å². The number of carbonyl (C=O) groups excluding carboxylic acids is 1. The number of nitrogens with zero attached hydrogens (tertiary/aromatic N) is 2. The van der Waals surface area contributed by atoms with E-state index in [0.29, 0.717) is 23.8 Å². The smallest absolute Gasteiger partial charge is 0.257 e. The molecule has 20 heavy (non-hydrogen) atoms. The predicted octanol–water partition coefficient (Wildman–Crippen LogP) is 1.22. The third-order valence-electron chi connectivity index (χ3n) is 4.02. The summed E-state index contributed by atoms with van der Waals surface area (Å²) in [5.41, 5.74) is 12.1. The molecule has 2 aromatic rings. The molecule has 1 heterocycles. The van der Waals surface area contributed by atoms with Crippen LogP contribution in [0.4, 0.5) is 0 Å². The molecule has 0 radical (unpaired) electrons. The second kappa shape index (κ2) is 4.72. The predicted molar refractivity (Wildman–Crippen MR) is 72.8 cm³/mol. The van der Waals surface area contributed by atoms with Crippen molar-refractivity contribution in [3.05, 3.63) is 35.7 Å². The van der Waals surface area contributed by atoms with E-state index in [1.54, 1.807) is 24.3 Å². The van der Waals surface area contributed by atoms with E-state index in [-0.39, 0.29) is 5.41 Å². The van der Waals surface area contributed by atoms with E-state index in [2.05, 4.69) is 10.1 Å². The molecule has 0 atom stereocenters. The lowest BCUT2D eigenvalue weighted by atomic mass is 9.68. The molecule has 1 aliphatic rings. The Labute approximate surface area is 116 Å². The van der Waals surface area contributed by atoms with Crippen LogP contribution >= 0.6 is 0 Å². The molecule has 1 aliphatic carbocycles. The van der Waals surface area contributed by atoms with Crippen molar-refractivity contribution in [3.8, 4) is 11.5 Å². The fourth-order valence-corrected chi connectivity index (χ4v) is 2.46. The monoisotopic (exact) mass is 272 g/mol. The van der Waals surface area contributed by atoms with Crippen LogP contribution in [0.2, 0.25) is 0 Å². The number of carbonyl (C=O) groups is 1. The van der Waals surface area contributed by atoms with E-state index in [4.69, 9.17) is 16.0 Å². The highest BCUT2D eigenvalue weighted by atomic mass is 16.5. The molecule has 0 spiro atoms. The fraction of sp³-hybridized carbons (Fsp3) is 0.357. The number of primary amides is 1. The van der Waals surface area contributed by atoms with E-state index >= 15 is 0 Å². The molecule has 0 bridgehead atoms. The number of nitrogens with two attached hydrogens (primary N) is 2. The SMILES string of the molecule is NCC1(c2noc(-c3ccc(C(N)=O)cc3)n2)CCC1. The molecule has 0 unspecified atom stereocenters. The number of hydrogen-bond acceptors (Lipinski definition) is 5. The highest BCUT2D eigenvalue weighted by Crippen LogP contribution is 2.41. The third-order valence-corrected chi connectivity index (χ3v) is 4.02. The lowest BCUT2D eigenvalue weighted by molar-refractivity contribution is 0.100. The summed E-state index contributed by atoms with van der Waals surface area (Å²) in [4.78, 5) is 15.5. The van der Waals surface area contributed by atoms with Crippen molar-refractivity contribution in [1.82, 2.24) is 10.1 Å². The first kappa shape index (κ1) is 12.8. The van der Waals surface area contributed by atoms with Gasteiger partial charge in [0, 0.05) is 23.1 Å². The van der Waals surface area contributed by atoms with Gasteiger partial charge in [-0.25, -0.2) is 0 Å². The minimum atomic E-state index is -0.459. The number of aromatic nitrogens is 2. The average Bonchev–Trinajstić information content (AvgIpc) is 2.88. The Morgan fingerprint density at radius 3 is 2.50 bits per heavy atom. The Morgan fingerprint density at radius 1 is 1.30 bits per heavy atom. The maximum Gasteiger partial charge on any atom is 0.257 e. The minimum absolute atomic E-state index is 0.116. The Kier molecular flexibility index (Phi) is 3.02. The molecule has 0 aliphatic heterocycles. The van der Waals surface area contributed by atoms with Crippen molar-refractivity contribution in [2.24, 2.45) is 11.5 Å². The molecule has 6 nitrogen and oxygen atoms in total. The highest BCUT2D eigenvalue weighted by Gasteiger charge is 2.41. The summed E-state index contributed by atoms with van der Waals surface area (Å²) in [5.74, 6) is 0.662. The molecular weight excluding hydrogens is 256 g/mol. The normalized spacial score (nSPS) is 16.6. The second-order valence-electron chi connectivity index (χ2n) is 5.20. The van der Waals surface area contributed by atoms with Crippen LogP contribution in [0.1, 0.15) is 35.4 Å². The standard InChI is InChI=1S/C14H16N4O2/c15-8-14(6-1-7-14)13-17-12(20-18-13)10-4-2-9(3-5-10)11(16)19/h2-5H,1,6-8,15H2,(H2,16,19). The molecule has 0 saturated heterocycles. The molecule has 6 heteroatoms. The third kappa shape index (κ3) is 1.98. The van der Waals surface area contributed by atoms with Gasteiger partial charge in [0.15, 0.2) is 5.82 Å². The number of rotatable bonds is 4. The first-order valence-electron chi connectivity index (χ1n) is 6.59. The number of hydrogen-bond donors (Lipinski definition) is 2. The van der Waals surface area contributed by atoms with Crippen LogP contribution in [0.25, 0.3) is 11.5 Å². The lowest BCUT2D eigenvalue weighted by Crippen LogP contribution is -2.42. The molecule has 1 fully saturated rings. The zero-order valence-corrected chi connectivity index (χ0v) is 11.0. The van der Waals surface area contributed by atoms with Crippen LogP contribution in [0, 0.1) is 0 Å². The molecule has 1 amide bonds. The van der Waals surface area contributed by atoms with Gasteiger partial charge in [-0.3, -0.25) is 4.79 Å². The molecule has 4 N–H and O–H groups in total. The topological polar surface area (TPSA) is 108 Å². The first-order chi connectivity index (χ1) is 9.64. The summed E-state index contributed by atoms with van der Waals surface area (Å²) >= 11 is 0. The summed E-state index contributed by atoms with van der Waals surface area (Å²) in [6, 6.07) is 6.77. The molecule has 1 saturated carbocycles. The highest BCUT2D eigenvalue weighted by molar-refractivity contribution is 5.93. The van der Waals surface area contributed by atoms with Gasteiger partial charge in [-0.1, -0.05) is 11.6 Å². The summed E-state index contributed by atoms with van der Waals surface area (Å²) in [5, 5.41) is 4.06. The Bertz CT molecular complexity index is 623. The van der Waals surface area contributed by atoms with Crippen LogP contribution in [-0.2, 0) is 5.41 Å². The van der Waals surface area contributed by atoms with Crippen LogP contribution in [-0.4, -0.2) is 22.6 Å². The van der Waals surface area contributed by atoms with Gasteiger partial charge in [0.25, 0.3) is 5.89 Å². The average molecular weight is 272 g/mol. The van der Waals surface area contributed by atoms with Crippen LogP contribution in [0.5, 0.6) is 0 Å². The van der Waals surface area contributed by atoms with Gasteiger partial charge in [0.05, 0.1) is 0 Å². The van der Waals surface area contributed by atoms with Crippen molar-refractivity contribution in [1.29, 1.82) is 0 Å². The summed E-state index contributed by atoms with van der Waals surface area (Å²) in [6.45, 7) is 0.534. The van der Waals surface area contributed by atoms with Gasteiger partial charge in [-0.15, -0.1) is 0 Å². The van der Waals surface area contributed by atoms with Crippen molar-refractivity contribution in [3.63, 3.8) is 0 Å². The second-order valence-corrected chi connectivity index (χ2v) is 5.20. The zero-order valence-electron chi connectivity index (χ0n) is 11.0. The summed E-state index contributed by atoms with van der Waals surface area (Å²) in [7, 11) is 0. The van der Waals surface area contributed by atoms with Gasteiger partial charge >= 0.3 is 0 Å². The molecule has 1 aromatic carbocycles. The van der Waals surface area contributed by atoms with Gasteiger partial charge in [0.1, 0.15) is 0 Å². The minimum Gasteiger partial charge on any atom is -0.366 e. The quantitative estimate of drug-likeness (QED) is 0.869. The Balaban J connectivity index is 1.88. The zero-order chi connectivity index (χ0) is 14.2. The van der Waals surface area contributed by atoms with Gasteiger partial charge < -0.3 is 16.0 Å². The molecule has 1 aromatic heterocycles. The molecular formula is C14H16N4O2. The van der Waals surface area contributed by atoms with Crippen molar-refractivity contribution in [2.45, 2.75) is 24.7 Å². The number of amides is 1. The maximum absolute atomic E-state index is 11.0. The fourth-order valence-electron chi connectivity index (χ4n) is 2.46. The van der Waals surface area contributed by atoms with E-state index in [1.807, 2.05) is 0 Å². The van der Waals surface area contributed by atoms with E-state index in [9.17, 15) is 4.79 Å². The van der Waals surface area contributed by atoms with E-state index < -0.39 is 5.91 Å². The summed E-state index contributed by atoms with van der Waals surface area (Å²) in [6.07, 6.45) is 3.15. The van der Waals surface area contributed by atoms with Gasteiger partial charge in [-0.2, -0.15) is 4.98 Å². The number of benzene rings is 1. The Morgan fingerprint density at radius 2 is 2.00 bits per heavy atom. The van der Waals surface area contributed by atoms with Crippen molar-refractivity contribution >= 4 is 5.91 Å². The van der Waals surface area contributed by atoms with Crippen molar-refractivity contribution in [2.75, 3.05) is 6.54 Å². The van der Waals surface area contributed by atoms with E-state index in [0.717, 1.165) is 24.8 Å². The molecule has 3 rings (SSSR count). The summed E-state index contributed by atoms with van der Waals surface area (Å²) < 4.78 is 5.30. The van der Waals surface area contributed by atoms with Crippen LogP contribution in [0.3, 0.4) is 0 Å². The first-order valence-corrected chi connectivity index (χ1v) is 6.59. The molecule has 104 valence electrons. The largest absolute Gasteiger partial charge is 0.366 e. The van der Waals surface area contributed by atoms with Crippen molar-refractivity contribution < 1.29 is 9.32 Å². The maximum atomic E-state index is 11.0. The van der Waals surface area contributed by atoms with Crippen LogP contribution < -0.4 is 11.5 Å². The Hall–Kier alpha value is -2.21. The lowest BCUT2D eigenvalue weighted by Gasteiger charge is -2.37.